The molecule has 206 valence electrons. The van der Waals surface area contributed by atoms with Crippen LogP contribution in [-0.2, 0) is 27.4 Å². The molecule has 3 aromatic rings. The predicted octanol–water partition coefficient (Wildman–Crippen LogP) is 3.42. The lowest BCUT2D eigenvalue weighted by molar-refractivity contribution is -0.155. The molecule has 1 amide bonds. The number of nitrogens with zero attached hydrogens (tertiary/aromatic N) is 2. The van der Waals surface area contributed by atoms with Gasteiger partial charge in [-0.2, -0.15) is 4.57 Å². The molecule has 10 nitrogen and oxygen atoms in total. The fourth-order valence-electron chi connectivity index (χ4n) is 3.82. The van der Waals surface area contributed by atoms with Gasteiger partial charge in [-0.15, -0.1) is 0 Å². The number of benzene rings is 2. The minimum atomic E-state index is -0.817. The largest absolute Gasteiger partial charge is 0.460 e. The van der Waals surface area contributed by atoms with E-state index >= 15 is 0 Å². The predicted molar refractivity (Wildman–Crippen MR) is 144 cm³/mol. The normalized spacial score (nSPS) is 11.9. The van der Waals surface area contributed by atoms with Crippen LogP contribution in [0.2, 0.25) is 0 Å². The Labute approximate surface area is 226 Å². The Morgan fingerprint density at radius 1 is 0.949 bits per heavy atom. The van der Waals surface area contributed by atoms with Crippen LogP contribution in [0, 0.1) is 6.92 Å². The number of carbonyl (C=O) groups excluding carboxylic acids is 3. The smallest absolute Gasteiger partial charge is 0.407 e. The second kappa shape index (κ2) is 12.9. The zero-order valence-corrected chi connectivity index (χ0v) is 22.5. The van der Waals surface area contributed by atoms with Gasteiger partial charge in [-0.1, -0.05) is 48.5 Å². The zero-order chi connectivity index (χ0) is 28.6. The van der Waals surface area contributed by atoms with Crippen LogP contribution in [0.25, 0.3) is 0 Å². The molecule has 1 atom stereocenters. The lowest BCUT2D eigenvalue weighted by Gasteiger charge is -2.23. The molecule has 0 aliphatic carbocycles. The summed E-state index contributed by atoms with van der Waals surface area (Å²) in [5.74, 6) is -1.28. The molecule has 0 saturated carbocycles. The van der Waals surface area contributed by atoms with Gasteiger partial charge in [0.2, 0.25) is 0 Å². The Bertz CT molecular complexity index is 1420. The maximum Gasteiger partial charge on any atom is 0.407 e. The second-order valence-electron chi connectivity index (χ2n) is 10.1. The average Bonchev–Trinajstić information content (AvgIpc) is 2.88. The maximum atomic E-state index is 13.2. The molecule has 0 unspecified atom stereocenters. The van der Waals surface area contributed by atoms with Crippen molar-refractivity contribution in [3.8, 4) is 0 Å². The summed E-state index contributed by atoms with van der Waals surface area (Å²) in [7, 11) is 0. The number of amides is 1. The van der Waals surface area contributed by atoms with Crippen molar-refractivity contribution in [3.63, 3.8) is 0 Å². The van der Waals surface area contributed by atoms with Gasteiger partial charge in [0.05, 0.1) is 6.42 Å². The number of nitrogens with one attached hydrogen (secondary N) is 1. The first-order chi connectivity index (χ1) is 18.4. The molecule has 10 heteroatoms. The lowest BCUT2D eigenvalue weighted by Crippen LogP contribution is -2.45. The Morgan fingerprint density at radius 3 is 2.18 bits per heavy atom. The van der Waals surface area contributed by atoms with Gasteiger partial charge in [0.1, 0.15) is 12.2 Å². The molecule has 0 fully saturated rings. The fourth-order valence-corrected chi connectivity index (χ4v) is 3.82. The van der Waals surface area contributed by atoms with Crippen molar-refractivity contribution in [2.45, 2.75) is 65.3 Å². The van der Waals surface area contributed by atoms with Crippen LogP contribution >= 0.6 is 0 Å². The van der Waals surface area contributed by atoms with E-state index in [1.165, 1.54) is 29.8 Å². The lowest BCUT2D eigenvalue weighted by atomic mass is 10.1. The summed E-state index contributed by atoms with van der Waals surface area (Å²) < 4.78 is 12.5. The number of hydrogen-bond acceptors (Lipinski definition) is 7. The third-order valence-corrected chi connectivity index (χ3v) is 5.64. The first-order valence-electron chi connectivity index (χ1n) is 12.6. The van der Waals surface area contributed by atoms with E-state index in [4.69, 9.17) is 9.47 Å². The molecule has 1 aromatic heterocycles. The van der Waals surface area contributed by atoms with Crippen LogP contribution in [-0.4, -0.2) is 38.7 Å². The van der Waals surface area contributed by atoms with Gasteiger partial charge in [-0.25, -0.2) is 9.59 Å². The molecular formula is C29H33N3O7. The molecule has 39 heavy (non-hydrogen) atoms. The van der Waals surface area contributed by atoms with E-state index in [1.54, 1.807) is 39.0 Å². The molecule has 0 radical (unpaired) electrons. The number of hydrogen-bond donors (Lipinski definition) is 1. The number of rotatable bonds is 9. The van der Waals surface area contributed by atoms with E-state index in [0.717, 1.165) is 5.56 Å². The first kappa shape index (κ1) is 29.1. The standard InChI is InChI=1S/C29H33N3O7/c1-20-18-31(28(37)32(25(20)34)26(35)22-13-9-6-10-14-22)16-15-23(17-24(33)39-29(2,3)4)30-27(36)38-19-21-11-7-5-8-12-21/h5-14,18,23H,15-17,19H2,1-4H3,(H,30,36)/t23-/m1/s1. The molecule has 3 rings (SSSR count). The highest BCUT2D eigenvalue weighted by atomic mass is 16.6. The van der Waals surface area contributed by atoms with Crippen LogP contribution in [0.3, 0.4) is 0 Å². The van der Waals surface area contributed by atoms with Crippen molar-refractivity contribution < 1.29 is 23.9 Å². The molecule has 1 N–H and O–H groups in total. The number of aryl methyl sites for hydroxylation is 2. The van der Waals surface area contributed by atoms with Gasteiger partial charge in [-0.05, 0) is 51.8 Å². The Morgan fingerprint density at radius 2 is 1.56 bits per heavy atom. The molecule has 0 spiro atoms. The Kier molecular flexibility index (Phi) is 9.59. The number of aromatic nitrogens is 2. The highest BCUT2D eigenvalue weighted by Crippen LogP contribution is 2.12. The van der Waals surface area contributed by atoms with Gasteiger partial charge in [0.15, 0.2) is 0 Å². The zero-order valence-electron chi connectivity index (χ0n) is 22.5. The molecule has 0 aliphatic rings. The first-order valence-corrected chi connectivity index (χ1v) is 12.6. The quantitative estimate of drug-likeness (QED) is 0.416. The monoisotopic (exact) mass is 535 g/mol. The number of esters is 1. The SMILES string of the molecule is Cc1cn(CC[C@H](CC(=O)OC(C)(C)C)NC(=O)OCc2ccccc2)c(=O)n(C(=O)c2ccccc2)c1=O. The maximum absolute atomic E-state index is 13.2. The summed E-state index contributed by atoms with van der Waals surface area (Å²) in [5, 5.41) is 2.67. The van der Waals surface area contributed by atoms with Gasteiger partial charge in [0.25, 0.3) is 11.5 Å². The van der Waals surface area contributed by atoms with E-state index in [-0.39, 0.29) is 37.1 Å². The highest BCUT2D eigenvalue weighted by Gasteiger charge is 2.23. The Hall–Kier alpha value is -4.47. The second-order valence-corrected chi connectivity index (χ2v) is 10.1. The molecule has 0 aliphatic heterocycles. The van der Waals surface area contributed by atoms with Crippen molar-refractivity contribution in [2.75, 3.05) is 0 Å². The van der Waals surface area contributed by atoms with Crippen molar-refractivity contribution in [1.29, 1.82) is 0 Å². The molecule has 1 heterocycles. The van der Waals surface area contributed by atoms with Crippen LogP contribution in [0.1, 0.15) is 55.1 Å². The summed E-state index contributed by atoms with van der Waals surface area (Å²) >= 11 is 0. The van der Waals surface area contributed by atoms with Gasteiger partial charge in [0, 0.05) is 29.9 Å². The van der Waals surface area contributed by atoms with Crippen molar-refractivity contribution in [1.82, 2.24) is 14.5 Å². The van der Waals surface area contributed by atoms with E-state index in [0.29, 0.717) is 4.57 Å². The van der Waals surface area contributed by atoms with Gasteiger partial charge >= 0.3 is 17.8 Å². The summed E-state index contributed by atoms with van der Waals surface area (Å²) in [4.78, 5) is 63.9. The van der Waals surface area contributed by atoms with E-state index in [1.807, 2.05) is 30.3 Å². The van der Waals surface area contributed by atoms with Crippen molar-refractivity contribution in [2.24, 2.45) is 0 Å². The van der Waals surface area contributed by atoms with Crippen molar-refractivity contribution in [3.05, 3.63) is 104 Å². The van der Waals surface area contributed by atoms with Crippen LogP contribution in [0.5, 0.6) is 0 Å². The molecule has 0 saturated heterocycles. The van der Waals surface area contributed by atoms with Gasteiger partial charge in [-0.3, -0.25) is 19.0 Å². The van der Waals surface area contributed by atoms with E-state index < -0.39 is 40.9 Å². The summed E-state index contributed by atoms with van der Waals surface area (Å²) in [6.45, 7) is 6.75. The average molecular weight is 536 g/mol. The van der Waals surface area contributed by atoms with Crippen LogP contribution < -0.4 is 16.6 Å². The summed E-state index contributed by atoms with van der Waals surface area (Å²) in [6, 6.07) is 16.4. The topological polar surface area (TPSA) is 126 Å². The van der Waals surface area contributed by atoms with E-state index in [9.17, 15) is 24.0 Å². The third-order valence-electron chi connectivity index (χ3n) is 5.64. The Balaban J connectivity index is 1.79. The number of alkyl carbamates (subject to hydrolysis) is 1. The molecule has 2 aromatic carbocycles. The van der Waals surface area contributed by atoms with Crippen LogP contribution in [0.15, 0.2) is 76.4 Å². The van der Waals surface area contributed by atoms with Gasteiger partial charge < -0.3 is 14.8 Å². The summed E-state index contributed by atoms with van der Waals surface area (Å²) in [6.07, 6.45) is 0.572. The number of ether oxygens (including phenoxy) is 2. The fraction of sp³-hybridized carbons (Fsp3) is 0.345. The minimum Gasteiger partial charge on any atom is -0.460 e. The molecular weight excluding hydrogens is 502 g/mol. The molecule has 0 bridgehead atoms. The number of carbonyl (C=O) groups is 3. The highest BCUT2D eigenvalue weighted by molar-refractivity contribution is 5.95. The van der Waals surface area contributed by atoms with Crippen LogP contribution in [0.4, 0.5) is 4.79 Å². The third kappa shape index (κ3) is 8.53. The summed E-state index contributed by atoms with van der Waals surface area (Å²) in [5.41, 5.74) is -1.07. The minimum absolute atomic E-state index is 0.00839. The van der Waals surface area contributed by atoms with Crippen molar-refractivity contribution >= 4 is 18.0 Å². The van der Waals surface area contributed by atoms with E-state index in [2.05, 4.69) is 5.32 Å².